The van der Waals surface area contributed by atoms with Gasteiger partial charge in [-0.15, -0.1) is 0 Å². The Morgan fingerprint density at radius 1 is 0.593 bits per heavy atom. The van der Waals surface area contributed by atoms with Gasteiger partial charge in [0.25, 0.3) is 5.91 Å². The number of carbonyl (C=O) groups is 5. The minimum atomic E-state index is -3.23. The molecule has 0 aromatic heterocycles. The van der Waals surface area contributed by atoms with Gasteiger partial charge in [0.1, 0.15) is 11.6 Å². The molecule has 2 aliphatic heterocycles. The van der Waals surface area contributed by atoms with Crippen LogP contribution >= 0.6 is 0 Å². The number of amides is 5. The molecular weight excluding hydrogens is 769 g/mol. The van der Waals surface area contributed by atoms with Crippen molar-refractivity contribution in [3.05, 3.63) is 131 Å². The van der Waals surface area contributed by atoms with Crippen molar-refractivity contribution in [1.82, 2.24) is 15.1 Å². The van der Waals surface area contributed by atoms with Gasteiger partial charge in [0, 0.05) is 59.8 Å². The van der Waals surface area contributed by atoms with E-state index in [-0.39, 0.29) is 54.2 Å². The van der Waals surface area contributed by atoms with Crippen molar-refractivity contribution in [1.29, 1.82) is 0 Å². The Kier molecular flexibility index (Phi) is 16.1. The Morgan fingerprint density at radius 2 is 1.00 bits per heavy atom. The second kappa shape index (κ2) is 21.6. The first-order chi connectivity index (χ1) is 28.5. The first-order valence-corrected chi connectivity index (χ1v) is 19.6. The van der Waals surface area contributed by atoms with Crippen LogP contribution in [0.25, 0.3) is 0 Å². The van der Waals surface area contributed by atoms with Crippen LogP contribution in [-0.2, 0) is 17.9 Å². The number of nitrogens with one attached hydrogen (secondary N) is 1. The van der Waals surface area contributed by atoms with E-state index in [9.17, 15) is 41.5 Å². The molecule has 2 fully saturated rings. The third-order valence-corrected chi connectivity index (χ3v) is 10.1. The van der Waals surface area contributed by atoms with E-state index in [0.29, 0.717) is 37.4 Å². The molecule has 5 amide bonds. The molecule has 6 rings (SSSR count). The van der Waals surface area contributed by atoms with Crippen molar-refractivity contribution >= 4 is 40.9 Å². The summed E-state index contributed by atoms with van der Waals surface area (Å²) in [5, 5.41) is 1.80. The van der Waals surface area contributed by atoms with Gasteiger partial charge in [0.15, 0.2) is 11.6 Å². The number of para-hydroxylation sites is 2. The van der Waals surface area contributed by atoms with Crippen LogP contribution in [0.2, 0.25) is 0 Å². The topological polar surface area (TPSA) is 136 Å². The van der Waals surface area contributed by atoms with E-state index in [0.717, 1.165) is 50.3 Å². The number of carbonyl (C=O) groups excluding carboxylic acids is 5. The van der Waals surface area contributed by atoms with Gasteiger partial charge < -0.3 is 20.9 Å². The molecule has 15 heteroatoms. The van der Waals surface area contributed by atoms with Gasteiger partial charge in [-0.25, -0.2) is 18.4 Å². The molecule has 0 atom stereocenters. The highest BCUT2D eigenvalue weighted by atomic mass is 19.3. The standard InChI is InChI=1S/C23H24F3N3O3.C21H24FN3O2/c24-19-13-16(20(30)14-27-22(31)21(25)26)9-10-17(19)15-29(18-7-3-1-4-8-18)23(32)28-11-5-2-6-12-28;22-19-13-16(20(26)14-23)9-10-17(19)15-25(18-7-3-1-4-8-18)21(27)24-11-5-2-6-12-24/h1,3-4,7-10,13,21H,2,5-6,11-12,14-15H2,(H,27,31);1,3-4,7-10,13H,2,5-6,11-12,14-15,23H2. The molecule has 0 unspecified atom stereocenters. The van der Waals surface area contributed by atoms with Crippen LogP contribution in [0.4, 0.5) is 38.5 Å². The lowest BCUT2D eigenvalue weighted by atomic mass is 10.1. The quantitative estimate of drug-likeness (QED) is 0.112. The molecular formula is C44H48F4N6O5. The van der Waals surface area contributed by atoms with Crippen LogP contribution < -0.4 is 20.9 Å². The number of alkyl halides is 2. The van der Waals surface area contributed by atoms with Crippen molar-refractivity contribution < 1.29 is 41.5 Å². The lowest BCUT2D eigenvalue weighted by molar-refractivity contribution is -0.131. The van der Waals surface area contributed by atoms with Crippen molar-refractivity contribution in [3.63, 3.8) is 0 Å². The van der Waals surface area contributed by atoms with Gasteiger partial charge in [-0.1, -0.05) is 60.7 Å². The lowest BCUT2D eigenvalue weighted by Gasteiger charge is -2.33. The normalized spacial score (nSPS) is 13.9. The van der Waals surface area contributed by atoms with Gasteiger partial charge in [-0.05, 0) is 74.9 Å². The highest BCUT2D eigenvalue weighted by Crippen LogP contribution is 2.25. The number of likely N-dealkylation sites (tertiary alicyclic amines) is 2. The molecule has 0 bridgehead atoms. The molecule has 2 aliphatic rings. The number of ketones is 2. The molecule has 4 aromatic carbocycles. The number of benzene rings is 4. The van der Waals surface area contributed by atoms with Crippen molar-refractivity contribution in [2.45, 2.75) is 58.0 Å². The van der Waals surface area contributed by atoms with E-state index in [2.05, 4.69) is 0 Å². The highest BCUT2D eigenvalue weighted by Gasteiger charge is 2.27. The maximum atomic E-state index is 14.8. The zero-order chi connectivity index (χ0) is 42.3. The first-order valence-electron chi connectivity index (χ1n) is 19.6. The Morgan fingerprint density at radius 3 is 1.37 bits per heavy atom. The molecule has 3 N–H and O–H groups in total. The van der Waals surface area contributed by atoms with Gasteiger partial charge in [0.2, 0.25) is 0 Å². The average Bonchev–Trinajstić information content (AvgIpc) is 3.27. The predicted molar refractivity (Wildman–Crippen MR) is 216 cm³/mol. The number of Topliss-reactive ketones (excluding diaryl/α,β-unsaturated/α-hetero) is 2. The molecule has 312 valence electrons. The van der Waals surface area contributed by atoms with E-state index in [1.54, 1.807) is 51.5 Å². The van der Waals surface area contributed by atoms with E-state index < -0.39 is 36.3 Å². The fourth-order valence-electron chi connectivity index (χ4n) is 6.77. The summed E-state index contributed by atoms with van der Waals surface area (Å²) in [6.45, 7) is 1.95. The van der Waals surface area contributed by atoms with Crippen LogP contribution in [0, 0.1) is 11.6 Å². The molecule has 4 aromatic rings. The van der Waals surface area contributed by atoms with Crippen molar-refractivity contribution in [2.75, 3.05) is 49.1 Å². The molecule has 2 saturated heterocycles. The summed E-state index contributed by atoms with van der Waals surface area (Å²) >= 11 is 0. The Hall–Kier alpha value is -6.09. The van der Waals surface area contributed by atoms with Crippen molar-refractivity contribution in [3.8, 4) is 0 Å². The van der Waals surface area contributed by atoms with Gasteiger partial charge >= 0.3 is 18.5 Å². The number of nitrogens with zero attached hydrogens (tertiary/aromatic N) is 4. The minimum absolute atomic E-state index is 0.0399. The van der Waals surface area contributed by atoms with Crippen LogP contribution in [-0.4, -0.2) is 85.0 Å². The second-order valence-electron chi connectivity index (χ2n) is 14.2. The van der Waals surface area contributed by atoms with Gasteiger partial charge in [-0.3, -0.25) is 24.2 Å². The third kappa shape index (κ3) is 12.2. The smallest absolute Gasteiger partial charge is 0.324 e. The summed E-state index contributed by atoms with van der Waals surface area (Å²) < 4.78 is 53.9. The molecule has 0 aliphatic carbocycles. The molecule has 11 nitrogen and oxygen atoms in total. The molecule has 2 heterocycles. The van der Waals surface area contributed by atoms with E-state index in [1.165, 1.54) is 23.1 Å². The average molecular weight is 817 g/mol. The van der Waals surface area contributed by atoms with E-state index in [4.69, 9.17) is 5.73 Å². The zero-order valence-electron chi connectivity index (χ0n) is 32.6. The first kappa shape index (κ1) is 44.0. The summed E-state index contributed by atoms with van der Waals surface area (Å²) in [5.74, 6) is -3.80. The van der Waals surface area contributed by atoms with Crippen LogP contribution in [0.1, 0.15) is 70.4 Å². The number of halogens is 4. The molecule has 59 heavy (non-hydrogen) atoms. The maximum Gasteiger partial charge on any atom is 0.324 e. The Balaban J connectivity index is 0.000000227. The number of piperidine rings is 2. The molecule has 0 radical (unpaired) electrons. The number of rotatable bonds is 12. The van der Waals surface area contributed by atoms with Crippen LogP contribution in [0.3, 0.4) is 0 Å². The fraction of sp³-hybridized carbons (Fsp3) is 0.341. The largest absolute Gasteiger partial charge is 0.344 e. The second-order valence-corrected chi connectivity index (χ2v) is 14.2. The van der Waals surface area contributed by atoms with E-state index >= 15 is 0 Å². The van der Waals surface area contributed by atoms with Crippen LogP contribution in [0.5, 0.6) is 0 Å². The fourth-order valence-corrected chi connectivity index (χ4v) is 6.77. The van der Waals surface area contributed by atoms with Crippen LogP contribution in [0.15, 0.2) is 97.1 Å². The SMILES string of the molecule is NCC(=O)c1ccc(CN(C(=O)N2CCCCC2)c2ccccc2)c(F)c1.O=C(CNC(=O)C(F)F)c1ccc(CN(C(=O)N2CCCCC2)c2ccccc2)c(F)c1. The summed E-state index contributed by atoms with van der Waals surface area (Å²) in [6, 6.07) is 25.9. The molecule has 0 saturated carbocycles. The molecule has 0 spiro atoms. The summed E-state index contributed by atoms with van der Waals surface area (Å²) in [7, 11) is 0. The van der Waals surface area contributed by atoms with Gasteiger partial charge in [0.05, 0.1) is 26.2 Å². The lowest BCUT2D eigenvalue weighted by Crippen LogP contribution is -2.45. The van der Waals surface area contributed by atoms with Gasteiger partial charge in [-0.2, -0.15) is 8.78 Å². The number of nitrogens with two attached hydrogens (primary N) is 1. The number of hydrogen-bond acceptors (Lipinski definition) is 6. The Bertz CT molecular complexity index is 2060. The third-order valence-electron chi connectivity index (χ3n) is 10.1. The summed E-state index contributed by atoms with van der Waals surface area (Å²) in [5.41, 5.74) is 7.42. The maximum absolute atomic E-state index is 14.8. The number of urea groups is 2. The summed E-state index contributed by atoms with van der Waals surface area (Å²) in [6.07, 6.45) is 2.76. The number of anilines is 2. The number of hydrogen-bond donors (Lipinski definition) is 2. The van der Waals surface area contributed by atoms with E-state index in [1.807, 2.05) is 41.3 Å². The van der Waals surface area contributed by atoms with Crippen molar-refractivity contribution in [2.24, 2.45) is 5.73 Å². The highest BCUT2D eigenvalue weighted by molar-refractivity contribution is 6.00. The monoisotopic (exact) mass is 816 g/mol. The minimum Gasteiger partial charge on any atom is -0.344 e. The predicted octanol–water partition coefficient (Wildman–Crippen LogP) is 7.58. The zero-order valence-corrected chi connectivity index (χ0v) is 32.6. The Labute approximate surface area is 340 Å². The summed E-state index contributed by atoms with van der Waals surface area (Å²) in [4.78, 5) is 67.6.